The highest BCUT2D eigenvalue weighted by molar-refractivity contribution is 5.78. The van der Waals surface area contributed by atoms with Crippen LogP contribution in [0.25, 0.3) is 0 Å². The molecule has 0 spiro atoms. The van der Waals surface area contributed by atoms with Gasteiger partial charge in [0.25, 0.3) is 0 Å². The van der Waals surface area contributed by atoms with Crippen LogP contribution in [0.15, 0.2) is 18.2 Å². The van der Waals surface area contributed by atoms with E-state index in [1.165, 1.54) is 0 Å². The Hall–Kier alpha value is -1.99. The molecule has 156 valence electrons. The third-order valence-electron chi connectivity index (χ3n) is 5.62. The van der Waals surface area contributed by atoms with Crippen LogP contribution in [0.2, 0.25) is 0 Å². The Morgan fingerprint density at radius 3 is 2.21 bits per heavy atom. The smallest absolute Gasteiger partial charge is 0.236 e. The van der Waals surface area contributed by atoms with Gasteiger partial charge in [0, 0.05) is 64.1 Å². The van der Waals surface area contributed by atoms with Gasteiger partial charge in [-0.3, -0.25) is 9.69 Å². The summed E-state index contributed by atoms with van der Waals surface area (Å²) in [5.74, 6) is 1.92. The van der Waals surface area contributed by atoms with E-state index in [1.54, 1.807) is 0 Å². The Bertz CT molecular complexity index is 639. The van der Waals surface area contributed by atoms with Crippen molar-refractivity contribution >= 4 is 11.6 Å². The Labute approximate surface area is 168 Å². The average molecular weight is 391 g/mol. The normalized spacial score (nSPS) is 20.0. The maximum Gasteiger partial charge on any atom is 0.236 e. The predicted octanol–water partition coefficient (Wildman–Crippen LogP) is 1.73. The lowest BCUT2D eigenvalue weighted by Crippen LogP contribution is -2.53. The summed E-state index contributed by atoms with van der Waals surface area (Å²) in [6.45, 7) is 15.5. The number of likely N-dealkylation sites (N-methyl/N-ethyl adjacent to an activating group) is 1. The minimum Gasteiger partial charge on any atom is -0.454 e. The van der Waals surface area contributed by atoms with E-state index in [-0.39, 0.29) is 5.91 Å². The van der Waals surface area contributed by atoms with E-state index in [4.69, 9.17) is 9.47 Å². The minimum absolute atomic E-state index is 0.275. The maximum atomic E-state index is 12.6. The standard InChI is InChI=1S/C19H28N4O3.C2H6/c1-2-20-5-11-23(12-6-20)19(24)14-21-7-9-22(10-8-21)16-3-4-17-18(13-16)26-15-25-17;1-2/h3-4,13H,2,5-12,14-15H2,1H3;1-2H3. The first-order valence-electron chi connectivity index (χ1n) is 10.6. The van der Waals surface area contributed by atoms with Gasteiger partial charge in [-0.05, 0) is 18.7 Å². The van der Waals surface area contributed by atoms with E-state index in [0.717, 1.165) is 76.1 Å². The molecule has 2 saturated heterocycles. The van der Waals surface area contributed by atoms with Gasteiger partial charge in [-0.25, -0.2) is 0 Å². The van der Waals surface area contributed by atoms with Crippen LogP contribution in [0.5, 0.6) is 11.5 Å². The monoisotopic (exact) mass is 390 g/mol. The maximum absolute atomic E-state index is 12.6. The third-order valence-corrected chi connectivity index (χ3v) is 5.62. The molecule has 0 aromatic heterocycles. The van der Waals surface area contributed by atoms with Crippen molar-refractivity contribution in [3.05, 3.63) is 18.2 Å². The number of carbonyl (C=O) groups excluding carboxylic acids is 1. The zero-order valence-corrected chi connectivity index (χ0v) is 17.5. The molecule has 3 aliphatic rings. The SMILES string of the molecule is CC.CCN1CCN(C(=O)CN2CCN(c3ccc4c(c3)OCO4)CC2)CC1. The summed E-state index contributed by atoms with van der Waals surface area (Å²) in [5.41, 5.74) is 1.16. The molecule has 0 radical (unpaired) electrons. The van der Waals surface area contributed by atoms with Gasteiger partial charge in [-0.15, -0.1) is 0 Å². The van der Waals surface area contributed by atoms with E-state index in [0.29, 0.717) is 13.3 Å². The van der Waals surface area contributed by atoms with E-state index in [1.807, 2.05) is 24.8 Å². The van der Waals surface area contributed by atoms with Crippen LogP contribution < -0.4 is 14.4 Å². The van der Waals surface area contributed by atoms with Crippen molar-refractivity contribution in [1.29, 1.82) is 0 Å². The minimum atomic E-state index is 0.275. The first-order chi connectivity index (χ1) is 13.7. The molecule has 7 heteroatoms. The molecular weight excluding hydrogens is 356 g/mol. The molecule has 0 bridgehead atoms. The Kier molecular flexibility index (Phi) is 7.39. The summed E-state index contributed by atoms with van der Waals surface area (Å²) in [4.78, 5) is 21.6. The molecule has 3 heterocycles. The molecule has 1 aromatic carbocycles. The molecule has 4 rings (SSSR count). The van der Waals surface area contributed by atoms with E-state index < -0.39 is 0 Å². The van der Waals surface area contributed by atoms with Gasteiger partial charge in [0.15, 0.2) is 11.5 Å². The lowest BCUT2D eigenvalue weighted by Gasteiger charge is -2.38. The number of ether oxygens (including phenoxy) is 2. The molecule has 3 aliphatic heterocycles. The highest BCUT2D eigenvalue weighted by atomic mass is 16.7. The molecule has 1 aromatic rings. The van der Waals surface area contributed by atoms with Gasteiger partial charge in [-0.1, -0.05) is 20.8 Å². The fraction of sp³-hybridized carbons (Fsp3) is 0.667. The second-order valence-corrected chi connectivity index (χ2v) is 7.12. The second-order valence-electron chi connectivity index (χ2n) is 7.12. The van der Waals surface area contributed by atoms with Gasteiger partial charge in [0.2, 0.25) is 12.7 Å². The zero-order chi connectivity index (χ0) is 19.9. The number of anilines is 1. The highest BCUT2D eigenvalue weighted by Crippen LogP contribution is 2.35. The Balaban J connectivity index is 0.00000109. The van der Waals surface area contributed by atoms with E-state index >= 15 is 0 Å². The Morgan fingerprint density at radius 2 is 1.54 bits per heavy atom. The van der Waals surface area contributed by atoms with Crippen LogP contribution >= 0.6 is 0 Å². The summed E-state index contributed by atoms with van der Waals surface area (Å²) in [6.07, 6.45) is 0. The number of rotatable bonds is 4. The van der Waals surface area contributed by atoms with E-state index in [2.05, 4.69) is 33.8 Å². The van der Waals surface area contributed by atoms with Gasteiger partial charge >= 0.3 is 0 Å². The van der Waals surface area contributed by atoms with Crippen molar-refractivity contribution in [2.75, 3.05) is 77.1 Å². The molecule has 0 saturated carbocycles. The van der Waals surface area contributed by atoms with Crippen LogP contribution in [-0.2, 0) is 4.79 Å². The number of hydrogen-bond donors (Lipinski definition) is 0. The molecule has 0 aliphatic carbocycles. The summed E-state index contributed by atoms with van der Waals surface area (Å²) < 4.78 is 10.9. The topological polar surface area (TPSA) is 48.5 Å². The lowest BCUT2D eigenvalue weighted by molar-refractivity contribution is -0.134. The van der Waals surface area contributed by atoms with Crippen molar-refractivity contribution < 1.29 is 14.3 Å². The highest BCUT2D eigenvalue weighted by Gasteiger charge is 2.25. The number of hydrogen-bond acceptors (Lipinski definition) is 6. The number of nitrogens with zero attached hydrogens (tertiary/aromatic N) is 4. The lowest BCUT2D eigenvalue weighted by atomic mass is 10.2. The average Bonchev–Trinajstić information content (AvgIpc) is 3.23. The van der Waals surface area contributed by atoms with Crippen molar-refractivity contribution in [3.8, 4) is 11.5 Å². The van der Waals surface area contributed by atoms with Gasteiger partial charge in [-0.2, -0.15) is 0 Å². The third kappa shape index (κ3) is 4.89. The fourth-order valence-electron chi connectivity index (χ4n) is 3.85. The first kappa shape index (κ1) is 20.7. The molecule has 7 nitrogen and oxygen atoms in total. The number of fused-ring (bicyclic) bond motifs is 1. The molecule has 0 N–H and O–H groups in total. The summed E-state index contributed by atoms with van der Waals surface area (Å²) in [6, 6.07) is 6.11. The number of amides is 1. The summed E-state index contributed by atoms with van der Waals surface area (Å²) in [5, 5.41) is 0. The summed E-state index contributed by atoms with van der Waals surface area (Å²) in [7, 11) is 0. The molecule has 0 atom stereocenters. The quantitative estimate of drug-likeness (QED) is 0.780. The van der Waals surface area contributed by atoms with Crippen LogP contribution in [-0.4, -0.2) is 92.8 Å². The zero-order valence-electron chi connectivity index (χ0n) is 17.5. The predicted molar refractivity (Wildman–Crippen MR) is 111 cm³/mol. The summed E-state index contributed by atoms with van der Waals surface area (Å²) >= 11 is 0. The molecule has 0 unspecified atom stereocenters. The van der Waals surface area contributed by atoms with Crippen molar-refractivity contribution in [2.45, 2.75) is 20.8 Å². The van der Waals surface area contributed by atoms with Crippen LogP contribution in [0.4, 0.5) is 5.69 Å². The molecule has 28 heavy (non-hydrogen) atoms. The molecular formula is C21H34N4O3. The van der Waals surface area contributed by atoms with Crippen LogP contribution in [0, 0.1) is 0 Å². The number of benzene rings is 1. The molecule has 1 amide bonds. The second kappa shape index (κ2) is 9.98. The first-order valence-corrected chi connectivity index (χ1v) is 10.6. The Morgan fingerprint density at radius 1 is 0.893 bits per heavy atom. The van der Waals surface area contributed by atoms with Gasteiger partial charge in [0.1, 0.15) is 0 Å². The van der Waals surface area contributed by atoms with Crippen LogP contribution in [0.3, 0.4) is 0 Å². The van der Waals surface area contributed by atoms with Crippen molar-refractivity contribution in [1.82, 2.24) is 14.7 Å². The van der Waals surface area contributed by atoms with Crippen LogP contribution in [0.1, 0.15) is 20.8 Å². The van der Waals surface area contributed by atoms with Crippen molar-refractivity contribution in [2.24, 2.45) is 0 Å². The number of piperazine rings is 2. The fourth-order valence-corrected chi connectivity index (χ4v) is 3.85. The van der Waals surface area contributed by atoms with E-state index in [9.17, 15) is 4.79 Å². The molecule has 2 fully saturated rings. The number of carbonyl (C=O) groups is 1. The largest absolute Gasteiger partial charge is 0.454 e. The van der Waals surface area contributed by atoms with Gasteiger partial charge < -0.3 is 24.2 Å². The van der Waals surface area contributed by atoms with Gasteiger partial charge in [0.05, 0.1) is 6.54 Å². The van der Waals surface area contributed by atoms with Crippen molar-refractivity contribution in [3.63, 3.8) is 0 Å².